The summed E-state index contributed by atoms with van der Waals surface area (Å²) in [5, 5.41) is 0. The maximum atomic E-state index is 10.7. The Labute approximate surface area is 66.5 Å². The van der Waals surface area contributed by atoms with Gasteiger partial charge in [0.2, 0.25) is 0 Å². The van der Waals surface area contributed by atoms with Gasteiger partial charge in [-0.05, 0) is 6.42 Å². The van der Waals surface area contributed by atoms with E-state index in [1.165, 1.54) is 12.2 Å². The van der Waals surface area contributed by atoms with Crippen molar-refractivity contribution >= 4 is 5.97 Å². The van der Waals surface area contributed by atoms with Gasteiger partial charge in [-0.3, -0.25) is 0 Å². The molecule has 0 heterocycles. The van der Waals surface area contributed by atoms with E-state index in [0.717, 1.165) is 0 Å². The molecule has 0 aromatic rings. The van der Waals surface area contributed by atoms with Crippen LogP contribution < -0.4 is 5.73 Å². The average Bonchev–Trinajstić information content (AvgIpc) is 2.00. The van der Waals surface area contributed by atoms with Gasteiger partial charge in [0.1, 0.15) is 6.61 Å². The van der Waals surface area contributed by atoms with Gasteiger partial charge in [-0.2, -0.15) is 0 Å². The summed E-state index contributed by atoms with van der Waals surface area (Å²) in [6, 6.07) is 0. The maximum Gasteiger partial charge on any atom is 0.332 e. The Bertz CT molecular complexity index is 173. The Morgan fingerprint density at radius 2 is 2.36 bits per heavy atom. The number of ether oxygens (including phenoxy) is 1. The normalized spacial score (nSPS) is 10.8. The zero-order chi connectivity index (χ0) is 8.69. The summed E-state index contributed by atoms with van der Waals surface area (Å²) in [5.41, 5.74) is 5.91. The van der Waals surface area contributed by atoms with Gasteiger partial charge in [0.25, 0.3) is 0 Å². The first kappa shape index (κ1) is 9.75. The Hall–Kier alpha value is -1.25. The van der Waals surface area contributed by atoms with Crippen LogP contribution in [0.15, 0.2) is 24.4 Å². The Balaban J connectivity index is 3.76. The molecule has 0 amide bonds. The van der Waals surface area contributed by atoms with E-state index < -0.39 is 5.97 Å². The predicted octanol–water partition coefficient (Wildman–Crippen LogP) is 0.968. The summed E-state index contributed by atoms with van der Waals surface area (Å²) in [7, 11) is 0. The first-order chi connectivity index (χ1) is 5.20. The monoisotopic (exact) mass is 155 g/mol. The number of carbonyl (C=O) groups is 1. The number of nitrogens with two attached hydrogens (primary N) is 1. The zero-order valence-corrected chi connectivity index (χ0v) is 6.67. The summed E-state index contributed by atoms with van der Waals surface area (Å²) < 4.78 is 4.65. The van der Waals surface area contributed by atoms with Crippen LogP contribution in [0, 0.1) is 0 Å². The minimum Gasteiger partial charge on any atom is -0.458 e. The molecule has 2 N–H and O–H groups in total. The summed E-state index contributed by atoms with van der Waals surface area (Å²) in [5.74, 6) is -0.413. The second kappa shape index (κ2) is 5.53. The molecule has 0 saturated carbocycles. The van der Waals surface area contributed by atoms with E-state index in [4.69, 9.17) is 5.73 Å². The molecule has 0 fully saturated rings. The van der Waals surface area contributed by atoms with E-state index in [1.54, 1.807) is 0 Å². The van der Waals surface area contributed by atoms with Crippen molar-refractivity contribution in [1.82, 2.24) is 0 Å². The average molecular weight is 155 g/mol. The molecule has 0 bridgehead atoms. The molecule has 3 nitrogen and oxygen atoms in total. The molecule has 0 aliphatic rings. The van der Waals surface area contributed by atoms with Gasteiger partial charge in [0.05, 0.1) is 0 Å². The zero-order valence-electron chi connectivity index (χ0n) is 6.67. The van der Waals surface area contributed by atoms with Crippen LogP contribution >= 0.6 is 0 Å². The molecule has 0 aromatic heterocycles. The Kier molecular flexibility index (Phi) is 4.90. The van der Waals surface area contributed by atoms with Gasteiger partial charge in [-0.15, -0.1) is 0 Å². The van der Waals surface area contributed by atoms with Crippen LogP contribution in [0.2, 0.25) is 0 Å². The molecule has 0 radical (unpaired) electrons. The van der Waals surface area contributed by atoms with E-state index in [1.807, 2.05) is 6.92 Å². The third kappa shape index (κ3) is 5.21. The van der Waals surface area contributed by atoms with E-state index in [9.17, 15) is 4.79 Å². The van der Waals surface area contributed by atoms with Gasteiger partial charge in [0, 0.05) is 11.8 Å². The van der Waals surface area contributed by atoms with Crippen molar-refractivity contribution in [3.8, 4) is 0 Å². The van der Waals surface area contributed by atoms with Crippen LogP contribution in [0.5, 0.6) is 0 Å². The summed E-state index contributed by atoms with van der Waals surface area (Å²) in [6.45, 7) is 5.50. The van der Waals surface area contributed by atoms with Gasteiger partial charge in [-0.1, -0.05) is 19.6 Å². The van der Waals surface area contributed by atoms with Crippen LogP contribution in [0.3, 0.4) is 0 Å². The first-order valence-electron chi connectivity index (χ1n) is 3.44. The maximum absolute atomic E-state index is 10.7. The number of hydrogen-bond acceptors (Lipinski definition) is 3. The quantitative estimate of drug-likeness (QED) is 0.374. The van der Waals surface area contributed by atoms with Crippen molar-refractivity contribution < 1.29 is 9.53 Å². The number of allylic oxidation sites excluding steroid dienone is 1. The van der Waals surface area contributed by atoms with Crippen molar-refractivity contribution in [2.75, 3.05) is 6.61 Å². The second-order valence-corrected chi connectivity index (χ2v) is 1.99. The molecule has 0 unspecified atom stereocenters. The van der Waals surface area contributed by atoms with Crippen LogP contribution in [-0.2, 0) is 9.53 Å². The standard InChI is InChI=1S/C8H13NO2/c1-3-5-11-8(10)6-7(9)4-2/h3,6H,1,4-5,9H2,2H3. The highest BCUT2D eigenvalue weighted by Gasteiger charge is 1.95. The van der Waals surface area contributed by atoms with Crippen LogP contribution in [0.4, 0.5) is 0 Å². The highest BCUT2D eigenvalue weighted by Crippen LogP contribution is 1.91. The third-order valence-corrected chi connectivity index (χ3v) is 1.05. The molecule has 0 spiro atoms. The van der Waals surface area contributed by atoms with Crippen LogP contribution in [0.25, 0.3) is 0 Å². The molecule has 0 aliphatic heterocycles. The molecule has 3 heteroatoms. The van der Waals surface area contributed by atoms with E-state index in [2.05, 4.69) is 11.3 Å². The van der Waals surface area contributed by atoms with Crippen molar-refractivity contribution in [1.29, 1.82) is 0 Å². The number of rotatable bonds is 4. The first-order valence-corrected chi connectivity index (χ1v) is 3.44. The molecule has 11 heavy (non-hydrogen) atoms. The van der Waals surface area contributed by atoms with Gasteiger partial charge in [0.15, 0.2) is 0 Å². The second-order valence-electron chi connectivity index (χ2n) is 1.99. The molecule has 0 atom stereocenters. The number of hydrogen-bond donors (Lipinski definition) is 1. The predicted molar refractivity (Wildman–Crippen MR) is 43.7 cm³/mol. The van der Waals surface area contributed by atoms with Crippen LogP contribution in [0.1, 0.15) is 13.3 Å². The highest BCUT2D eigenvalue weighted by atomic mass is 16.5. The summed E-state index contributed by atoms with van der Waals surface area (Å²) >= 11 is 0. The topological polar surface area (TPSA) is 52.3 Å². The van der Waals surface area contributed by atoms with Crippen molar-refractivity contribution in [2.45, 2.75) is 13.3 Å². The molecule has 0 saturated heterocycles. The fourth-order valence-electron chi connectivity index (χ4n) is 0.436. The number of esters is 1. The SMILES string of the molecule is C=CCOC(=O)C=C(N)CC. The third-order valence-electron chi connectivity index (χ3n) is 1.05. The van der Waals surface area contributed by atoms with Gasteiger partial charge >= 0.3 is 5.97 Å². The largest absolute Gasteiger partial charge is 0.458 e. The molecule has 62 valence electrons. The van der Waals surface area contributed by atoms with E-state index in [-0.39, 0.29) is 6.61 Å². The Morgan fingerprint density at radius 1 is 1.73 bits per heavy atom. The molecule has 0 aromatic carbocycles. The highest BCUT2D eigenvalue weighted by molar-refractivity contribution is 5.82. The van der Waals surface area contributed by atoms with Gasteiger partial charge in [-0.25, -0.2) is 4.79 Å². The Morgan fingerprint density at radius 3 is 2.82 bits per heavy atom. The van der Waals surface area contributed by atoms with Crippen molar-refractivity contribution in [3.63, 3.8) is 0 Å². The lowest BCUT2D eigenvalue weighted by Crippen LogP contribution is -2.05. The summed E-state index contributed by atoms with van der Waals surface area (Å²) in [6.07, 6.45) is 3.45. The minimum atomic E-state index is -0.413. The smallest absolute Gasteiger partial charge is 0.332 e. The fourth-order valence-corrected chi connectivity index (χ4v) is 0.436. The van der Waals surface area contributed by atoms with Crippen LogP contribution in [-0.4, -0.2) is 12.6 Å². The fraction of sp³-hybridized carbons (Fsp3) is 0.375. The van der Waals surface area contributed by atoms with Crippen molar-refractivity contribution in [2.24, 2.45) is 5.73 Å². The summed E-state index contributed by atoms with van der Waals surface area (Å²) in [4.78, 5) is 10.7. The number of carbonyl (C=O) groups excluding carboxylic acids is 1. The van der Waals surface area contributed by atoms with E-state index >= 15 is 0 Å². The minimum absolute atomic E-state index is 0.228. The van der Waals surface area contributed by atoms with E-state index in [0.29, 0.717) is 12.1 Å². The molecular weight excluding hydrogens is 142 g/mol. The van der Waals surface area contributed by atoms with Crippen molar-refractivity contribution in [3.05, 3.63) is 24.4 Å². The lowest BCUT2D eigenvalue weighted by molar-refractivity contribution is -0.136. The van der Waals surface area contributed by atoms with Gasteiger partial charge < -0.3 is 10.5 Å². The lowest BCUT2D eigenvalue weighted by atomic mass is 10.3. The molecular formula is C8H13NO2. The lowest BCUT2D eigenvalue weighted by Gasteiger charge is -1.97. The molecule has 0 rings (SSSR count). The molecule has 0 aliphatic carbocycles.